The van der Waals surface area contributed by atoms with E-state index in [1.54, 1.807) is 0 Å². The number of anilines is 1. The molecule has 0 spiro atoms. The Labute approximate surface area is 212 Å². The van der Waals surface area contributed by atoms with Gasteiger partial charge in [0.15, 0.2) is 5.96 Å². The summed E-state index contributed by atoms with van der Waals surface area (Å²) in [5.41, 5.74) is 3.68. The van der Waals surface area contributed by atoms with E-state index in [0.717, 1.165) is 49.4 Å². The lowest BCUT2D eigenvalue weighted by molar-refractivity contribution is -0.134. The highest BCUT2D eigenvalue weighted by molar-refractivity contribution is 5.94. The normalized spacial score (nSPS) is 15.4. The van der Waals surface area contributed by atoms with Crippen molar-refractivity contribution in [1.82, 2.24) is 5.32 Å². The predicted molar refractivity (Wildman–Crippen MR) is 141 cm³/mol. The molecule has 0 amide bonds. The van der Waals surface area contributed by atoms with Gasteiger partial charge in [-0.15, -0.1) is 0 Å². The number of carboxylic acid groups (broad SMARTS) is 2. The summed E-state index contributed by atoms with van der Waals surface area (Å²) < 4.78 is 5.97. The Morgan fingerprint density at radius 2 is 1.56 bits per heavy atom. The molecule has 0 unspecified atom stereocenters. The van der Waals surface area contributed by atoms with Crippen molar-refractivity contribution in [3.8, 4) is 5.75 Å². The first-order valence-electron chi connectivity index (χ1n) is 12.5. The van der Waals surface area contributed by atoms with Crippen molar-refractivity contribution in [2.75, 3.05) is 25.0 Å². The fourth-order valence-electron chi connectivity index (χ4n) is 4.23. The first-order chi connectivity index (χ1) is 17.5. The van der Waals surface area contributed by atoms with Crippen LogP contribution in [0.4, 0.5) is 5.69 Å². The zero-order valence-electron chi connectivity index (χ0n) is 20.5. The van der Waals surface area contributed by atoms with Crippen molar-refractivity contribution in [2.24, 2.45) is 10.9 Å². The average molecular weight is 494 g/mol. The number of hydrogen-bond donors (Lipinski definition) is 4. The number of hydrogen-bond acceptors (Lipinski definition) is 6. The quantitative estimate of drug-likeness (QED) is 0.373. The standard InChI is InChI=1S/C24H31N3O.C4H4O4/c1-2-4-19(5-3-1)14-17-28-23-12-8-21(9-13-23)18-20-6-10-22(11-7-20)27-24-25-15-16-26-24;5-3(6)1-2-4(7)8/h6-13,19H,1-5,14-18H2,(H2,25,26,27);1-2H,(H,5,6)(H,7,8)/b;2-1-. The summed E-state index contributed by atoms with van der Waals surface area (Å²) in [4.78, 5) is 23.5. The molecule has 0 aromatic heterocycles. The van der Waals surface area contributed by atoms with Crippen LogP contribution in [0.25, 0.3) is 0 Å². The second-order valence-corrected chi connectivity index (χ2v) is 8.95. The van der Waals surface area contributed by atoms with Gasteiger partial charge < -0.3 is 25.6 Å². The number of aliphatic imine (C=N–C) groups is 1. The van der Waals surface area contributed by atoms with Crippen LogP contribution >= 0.6 is 0 Å². The molecule has 8 heteroatoms. The summed E-state index contributed by atoms with van der Waals surface area (Å²) in [6, 6.07) is 17.1. The van der Waals surface area contributed by atoms with E-state index in [2.05, 4.69) is 64.2 Å². The minimum Gasteiger partial charge on any atom is -0.494 e. The van der Waals surface area contributed by atoms with Crippen molar-refractivity contribution >= 4 is 23.6 Å². The number of nitrogens with zero attached hydrogens (tertiary/aromatic N) is 1. The van der Waals surface area contributed by atoms with Gasteiger partial charge in [0, 0.05) is 24.4 Å². The molecule has 0 bridgehead atoms. The maximum Gasteiger partial charge on any atom is 0.328 e. The Bertz CT molecular complexity index is 1010. The first kappa shape index (κ1) is 26.8. The van der Waals surface area contributed by atoms with Gasteiger partial charge in [-0.1, -0.05) is 56.4 Å². The molecule has 0 saturated heterocycles. The molecule has 2 aromatic rings. The van der Waals surface area contributed by atoms with Crippen LogP contribution < -0.4 is 15.4 Å². The van der Waals surface area contributed by atoms with Crippen molar-refractivity contribution in [1.29, 1.82) is 0 Å². The second-order valence-electron chi connectivity index (χ2n) is 8.95. The molecule has 4 N–H and O–H groups in total. The molecule has 36 heavy (non-hydrogen) atoms. The Morgan fingerprint density at radius 1 is 0.944 bits per heavy atom. The minimum absolute atomic E-state index is 0.558. The smallest absolute Gasteiger partial charge is 0.328 e. The maximum absolute atomic E-state index is 9.55. The summed E-state index contributed by atoms with van der Waals surface area (Å²) in [6.07, 6.45) is 10.3. The molecule has 0 atom stereocenters. The van der Waals surface area contributed by atoms with Gasteiger partial charge in [0.05, 0.1) is 13.2 Å². The summed E-state index contributed by atoms with van der Waals surface area (Å²) in [7, 11) is 0. The van der Waals surface area contributed by atoms with Crippen molar-refractivity contribution in [3.63, 3.8) is 0 Å². The van der Waals surface area contributed by atoms with Crippen LogP contribution in [0.5, 0.6) is 5.75 Å². The summed E-state index contributed by atoms with van der Waals surface area (Å²) in [6.45, 7) is 2.61. The number of carboxylic acids is 2. The molecule has 2 aromatic carbocycles. The van der Waals surface area contributed by atoms with Crippen LogP contribution in [0.15, 0.2) is 65.7 Å². The third-order valence-corrected chi connectivity index (χ3v) is 6.11. The summed E-state index contributed by atoms with van der Waals surface area (Å²) in [5.74, 6) is 0.220. The van der Waals surface area contributed by atoms with E-state index in [4.69, 9.17) is 14.9 Å². The number of aliphatic carboxylic acids is 2. The third-order valence-electron chi connectivity index (χ3n) is 6.11. The molecule has 1 aliphatic heterocycles. The van der Waals surface area contributed by atoms with E-state index in [-0.39, 0.29) is 0 Å². The number of nitrogens with one attached hydrogen (secondary N) is 2. The van der Waals surface area contributed by atoms with Crippen molar-refractivity contribution < 1.29 is 24.5 Å². The largest absolute Gasteiger partial charge is 0.494 e. The molecule has 0 radical (unpaired) electrons. The highest BCUT2D eigenvalue weighted by Gasteiger charge is 2.13. The Balaban J connectivity index is 0.000000392. The van der Waals surface area contributed by atoms with Crippen LogP contribution in [0.3, 0.4) is 0 Å². The summed E-state index contributed by atoms with van der Waals surface area (Å²) >= 11 is 0. The van der Waals surface area contributed by atoms with Crippen LogP contribution in [0.2, 0.25) is 0 Å². The lowest BCUT2D eigenvalue weighted by Crippen LogP contribution is -2.26. The van der Waals surface area contributed by atoms with Gasteiger partial charge in [0.25, 0.3) is 0 Å². The average Bonchev–Trinajstić information content (AvgIpc) is 3.39. The van der Waals surface area contributed by atoms with E-state index in [0.29, 0.717) is 12.2 Å². The van der Waals surface area contributed by atoms with Gasteiger partial charge in [0.1, 0.15) is 5.75 Å². The number of carbonyl (C=O) groups is 2. The number of ether oxygens (including phenoxy) is 1. The van der Waals surface area contributed by atoms with Crippen LogP contribution in [-0.2, 0) is 16.0 Å². The van der Waals surface area contributed by atoms with E-state index >= 15 is 0 Å². The minimum atomic E-state index is -1.26. The van der Waals surface area contributed by atoms with Gasteiger partial charge in [-0.3, -0.25) is 4.99 Å². The highest BCUT2D eigenvalue weighted by atomic mass is 16.5. The third kappa shape index (κ3) is 10.2. The first-order valence-corrected chi connectivity index (χ1v) is 12.5. The lowest BCUT2D eigenvalue weighted by Gasteiger charge is -2.21. The number of rotatable bonds is 9. The van der Waals surface area contributed by atoms with E-state index in [1.165, 1.54) is 49.7 Å². The SMILES string of the molecule is O=C(O)/C=C\C(=O)O.c1cc(NC2=NCCN2)ccc1Cc1ccc(OCCC2CCCCC2)cc1. The highest BCUT2D eigenvalue weighted by Crippen LogP contribution is 2.26. The van der Waals surface area contributed by atoms with E-state index in [1.807, 2.05) is 0 Å². The molecule has 8 nitrogen and oxygen atoms in total. The van der Waals surface area contributed by atoms with E-state index < -0.39 is 11.9 Å². The van der Waals surface area contributed by atoms with Gasteiger partial charge in [-0.25, -0.2) is 9.59 Å². The van der Waals surface area contributed by atoms with Gasteiger partial charge in [0.2, 0.25) is 0 Å². The van der Waals surface area contributed by atoms with Gasteiger partial charge in [-0.2, -0.15) is 0 Å². The van der Waals surface area contributed by atoms with Crippen molar-refractivity contribution in [2.45, 2.75) is 44.9 Å². The molecule has 1 heterocycles. The Hall–Kier alpha value is -3.81. The maximum atomic E-state index is 9.55. The lowest BCUT2D eigenvalue weighted by atomic mass is 9.87. The second kappa shape index (κ2) is 14.6. The molecule has 4 rings (SSSR count). The van der Waals surface area contributed by atoms with Gasteiger partial charge in [-0.05, 0) is 54.2 Å². The predicted octanol–water partition coefficient (Wildman–Crippen LogP) is 4.71. The van der Waals surface area contributed by atoms with Gasteiger partial charge >= 0.3 is 11.9 Å². The zero-order valence-corrected chi connectivity index (χ0v) is 20.5. The molecule has 192 valence electrons. The fraction of sp³-hybridized carbons (Fsp3) is 0.393. The van der Waals surface area contributed by atoms with E-state index in [9.17, 15) is 9.59 Å². The number of guanidine groups is 1. The molecular formula is C28H35N3O5. The van der Waals surface area contributed by atoms with Crippen LogP contribution in [0.1, 0.15) is 49.7 Å². The molecular weight excluding hydrogens is 458 g/mol. The Morgan fingerprint density at radius 3 is 2.11 bits per heavy atom. The summed E-state index contributed by atoms with van der Waals surface area (Å²) in [5, 5.41) is 22.2. The van der Waals surface area contributed by atoms with Crippen LogP contribution in [0, 0.1) is 5.92 Å². The molecule has 1 saturated carbocycles. The topological polar surface area (TPSA) is 120 Å². The monoisotopic (exact) mass is 493 g/mol. The van der Waals surface area contributed by atoms with Crippen LogP contribution in [-0.4, -0.2) is 47.8 Å². The zero-order chi connectivity index (χ0) is 25.6. The molecule has 2 aliphatic rings. The fourth-order valence-corrected chi connectivity index (χ4v) is 4.23. The number of benzene rings is 2. The molecule has 1 fully saturated rings. The Kier molecular flexibility index (Phi) is 10.8. The van der Waals surface area contributed by atoms with Crippen molar-refractivity contribution in [3.05, 3.63) is 71.8 Å². The molecule has 1 aliphatic carbocycles.